The molecule has 1 aromatic heterocycles. The van der Waals surface area contributed by atoms with Crippen molar-refractivity contribution in [1.82, 2.24) is 5.43 Å². The molecule has 0 radical (unpaired) electrons. The fourth-order valence-electron chi connectivity index (χ4n) is 1.01. The van der Waals surface area contributed by atoms with Gasteiger partial charge in [0.15, 0.2) is 12.4 Å². The molecular formula is C8H13N4O+. The molecule has 0 fully saturated rings. The summed E-state index contributed by atoms with van der Waals surface area (Å²) in [5.41, 5.74) is 8.48. The average Bonchev–Trinajstić information content (AvgIpc) is 2.18. The molecule has 5 heteroatoms. The molecular weight excluding hydrogens is 168 g/mol. The van der Waals surface area contributed by atoms with Crippen LogP contribution < -0.4 is 21.6 Å². The van der Waals surface area contributed by atoms with Crippen LogP contribution in [0.3, 0.4) is 0 Å². The fourth-order valence-corrected chi connectivity index (χ4v) is 1.01. The number of nitrogens with one attached hydrogen (secondary N) is 1. The number of amides is 1. The molecule has 0 atom stereocenters. The van der Waals surface area contributed by atoms with Crippen LogP contribution in [0.15, 0.2) is 24.5 Å². The van der Waals surface area contributed by atoms with Gasteiger partial charge in [-0.1, -0.05) is 0 Å². The van der Waals surface area contributed by atoms with E-state index in [0.29, 0.717) is 6.54 Å². The van der Waals surface area contributed by atoms with Gasteiger partial charge >= 0.3 is 0 Å². The number of aromatic nitrogens is 1. The van der Waals surface area contributed by atoms with E-state index in [9.17, 15) is 4.79 Å². The molecule has 0 aliphatic heterocycles. The van der Waals surface area contributed by atoms with Crippen LogP contribution in [-0.2, 0) is 17.9 Å². The van der Waals surface area contributed by atoms with E-state index >= 15 is 0 Å². The Labute approximate surface area is 76.3 Å². The lowest BCUT2D eigenvalue weighted by Crippen LogP contribution is -2.44. The number of hydrogen-bond acceptors (Lipinski definition) is 3. The second kappa shape index (κ2) is 4.54. The molecule has 70 valence electrons. The number of hydrazine groups is 1. The minimum absolute atomic E-state index is 0.213. The Morgan fingerprint density at radius 1 is 1.62 bits per heavy atom. The van der Waals surface area contributed by atoms with E-state index in [0.717, 1.165) is 5.56 Å². The SMILES string of the molecule is NCc1ccc[n+](CC(=O)NN)c1. The first-order chi connectivity index (χ1) is 6.26. The van der Waals surface area contributed by atoms with E-state index in [4.69, 9.17) is 11.6 Å². The third-order valence-corrected chi connectivity index (χ3v) is 1.64. The van der Waals surface area contributed by atoms with Crippen molar-refractivity contribution in [2.75, 3.05) is 0 Å². The Morgan fingerprint density at radius 2 is 2.38 bits per heavy atom. The third kappa shape index (κ3) is 2.81. The maximum absolute atomic E-state index is 10.9. The zero-order chi connectivity index (χ0) is 9.68. The smallest absolute Gasteiger partial charge is 0.299 e. The summed E-state index contributed by atoms with van der Waals surface area (Å²) >= 11 is 0. The minimum Gasteiger partial charge on any atom is -0.326 e. The van der Waals surface area contributed by atoms with Gasteiger partial charge in [-0.15, -0.1) is 0 Å². The molecule has 0 aromatic carbocycles. The van der Waals surface area contributed by atoms with E-state index in [1.54, 1.807) is 10.8 Å². The number of nitrogens with two attached hydrogens (primary N) is 2. The summed E-state index contributed by atoms with van der Waals surface area (Å²) in [7, 11) is 0. The van der Waals surface area contributed by atoms with E-state index in [1.807, 2.05) is 18.3 Å². The molecule has 5 nitrogen and oxygen atoms in total. The van der Waals surface area contributed by atoms with Crippen LogP contribution in [-0.4, -0.2) is 5.91 Å². The van der Waals surface area contributed by atoms with Crippen LogP contribution in [0, 0.1) is 0 Å². The van der Waals surface area contributed by atoms with Crippen molar-refractivity contribution in [1.29, 1.82) is 0 Å². The molecule has 0 spiro atoms. The maximum Gasteiger partial charge on any atom is 0.299 e. The van der Waals surface area contributed by atoms with E-state index in [1.165, 1.54) is 0 Å². The highest BCUT2D eigenvalue weighted by Gasteiger charge is 2.07. The lowest BCUT2D eigenvalue weighted by atomic mass is 10.3. The first-order valence-corrected chi connectivity index (χ1v) is 3.93. The highest BCUT2D eigenvalue weighted by molar-refractivity contribution is 5.73. The van der Waals surface area contributed by atoms with Gasteiger partial charge in [0, 0.05) is 18.2 Å². The van der Waals surface area contributed by atoms with Crippen LogP contribution in [0.4, 0.5) is 0 Å². The van der Waals surface area contributed by atoms with Crippen LogP contribution >= 0.6 is 0 Å². The number of pyridine rings is 1. The molecule has 1 rings (SSSR count). The van der Waals surface area contributed by atoms with Crippen molar-refractivity contribution in [2.24, 2.45) is 11.6 Å². The van der Waals surface area contributed by atoms with Gasteiger partial charge in [-0.3, -0.25) is 10.2 Å². The van der Waals surface area contributed by atoms with Crippen molar-refractivity contribution in [3.8, 4) is 0 Å². The topological polar surface area (TPSA) is 85.0 Å². The quantitative estimate of drug-likeness (QED) is 0.228. The molecule has 0 saturated carbocycles. The van der Waals surface area contributed by atoms with E-state index < -0.39 is 0 Å². The highest BCUT2D eigenvalue weighted by atomic mass is 16.2. The molecule has 0 bridgehead atoms. The van der Waals surface area contributed by atoms with Gasteiger partial charge in [0.05, 0.1) is 0 Å². The molecule has 0 aliphatic carbocycles. The summed E-state index contributed by atoms with van der Waals surface area (Å²) in [6, 6.07) is 3.74. The normalized spacial score (nSPS) is 9.69. The van der Waals surface area contributed by atoms with E-state index in [-0.39, 0.29) is 12.5 Å². The number of hydrogen-bond donors (Lipinski definition) is 3. The molecule has 5 N–H and O–H groups in total. The first-order valence-electron chi connectivity index (χ1n) is 3.93. The standard InChI is InChI=1S/C8H12N4O/c9-4-7-2-1-3-12(5-7)6-8(13)11-10/h1-3,5H,4,6,9-10H2/p+1. The van der Waals surface area contributed by atoms with Gasteiger partial charge in [0.2, 0.25) is 6.54 Å². The molecule has 0 saturated heterocycles. The summed E-state index contributed by atoms with van der Waals surface area (Å²) in [6.07, 6.45) is 3.60. The van der Waals surface area contributed by atoms with Gasteiger partial charge in [-0.05, 0) is 6.07 Å². The molecule has 1 aromatic rings. The summed E-state index contributed by atoms with van der Waals surface area (Å²) in [5.74, 6) is 4.72. The van der Waals surface area contributed by atoms with Crippen molar-refractivity contribution in [2.45, 2.75) is 13.1 Å². The summed E-state index contributed by atoms with van der Waals surface area (Å²) in [5, 5.41) is 0. The lowest BCUT2D eigenvalue weighted by Gasteiger charge is -1.97. The Bertz CT molecular complexity index is 300. The largest absolute Gasteiger partial charge is 0.326 e. The second-order valence-corrected chi connectivity index (χ2v) is 2.66. The fraction of sp³-hybridized carbons (Fsp3) is 0.250. The van der Waals surface area contributed by atoms with E-state index in [2.05, 4.69) is 5.43 Å². The van der Waals surface area contributed by atoms with Gasteiger partial charge < -0.3 is 5.73 Å². The predicted molar refractivity (Wildman–Crippen MR) is 46.9 cm³/mol. The highest BCUT2D eigenvalue weighted by Crippen LogP contribution is 1.90. The Hall–Kier alpha value is -1.46. The maximum atomic E-state index is 10.9. The van der Waals surface area contributed by atoms with Gasteiger partial charge in [-0.2, -0.15) is 4.57 Å². The van der Waals surface area contributed by atoms with Crippen LogP contribution in [0.2, 0.25) is 0 Å². The molecule has 1 heterocycles. The zero-order valence-corrected chi connectivity index (χ0v) is 7.23. The number of nitrogens with zero attached hydrogens (tertiary/aromatic N) is 1. The first kappa shape index (κ1) is 9.63. The van der Waals surface area contributed by atoms with Crippen molar-refractivity contribution in [3.05, 3.63) is 30.1 Å². The molecule has 13 heavy (non-hydrogen) atoms. The van der Waals surface area contributed by atoms with Crippen molar-refractivity contribution >= 4 is 5.91 Å². The number of carbonyl (C=O) groups is 1. The van der Waals surface area contributed by atoms with Gasteiger partial charge in [0.25, 0.3) is 5.91 Å². The number of rotatable bonds is 3. The number of carbonyl (C=O) groups excluding carboxylic acids is 1. The molecule has 0 aliphatic rings. The molecule has 0 unspecified atom stereocenters. The predicted octanol–water partition coefficient (Wildman–Crippen LogP) is -1.58. The Kier molecular flexibility index (Phi) is 3.36. The van der Waals surface area contributed by atoms with Gasteiger partial charge in [-0.25, -0.2) is 5.84 Å². The van der Waals surface area contributed by atoms with Crippen molar-refractivity contribution < 1.29 is 9.36 Å². The van der Waals surface area contributed by atoms with Crippen LogP contribution in [0.1, 0.15) is 5.56 Å². The summed E-state index contributed by atoms with van der Waals surface area (Å²) < 4.78 is 1.73. The van der Waals surface area contributed by atoms with Crippen LogP contribution in [0.25, 0.3) is 0 Å². The zero-order valence-electron chi connectivity index (χ0n) is 7.23. The minimum atomic E-state index is -0.237. The molecule has 1 amide bonds. The van der Waals surface area contributed by atoms with Gasteiger partial charge in [0.1, 0.15) is 0 Å². The lowest BCUT2D eigenvalue weighted by molar-refractivity contribution is -0.684. The third-order valence-electron chi connectivity index (χ3n) is 1.64. The van der Waals surface area contributed by atoms with Crippen LogP contribution in [0.5, 0.6) is 0 Å². The summed E-state index contributed by atoms with van der Waals surface area (Å²) in [4.78, 5) is 10.9. The second-order valence-electron chi connectivity index (χ2n) is 2.66. The monoisotopic (exact) mass is 181 g/mol. The summed E-state index contributed by atoms with van der Waals surface area (Å²) in [6.45, 7) is 0.676. The van der Waals surface area contributed by atoms with Crippen molar-refractivity contribution in [3.63, 3.8) is 0 Å². The Balaban J connectivity index is 2.71. The Morgan fingerprint density at radius 3 is 3.00 bits per heavy atom. The average molecular weight is 181 g/mol.